The molecule has 19 heavy (non-hydrogen) atoms. The van der Waals surface area contributed by atoms with Crippen molar-refractivity contribution in [1.29, 1.82) is 0 Å². The second-order valence-electron chi connectivity index (χ2n) is 5.93. The van der Waals surface area contributed by atoms with Gasteiger partial charge in [-0.3, -0.25) is 11.3 Å². The van der Waals surface area contributed by atoms with E-state index in [0.29, 0.717) is 12.0 Å². The van der Waals surface area contributed by atoms with E-state index in [2.05, 4.69) is 43.5 Å². The number of rotatable bonds is 5. The van der Waals surface area contributed by atoms with Crippen molar-refractivity contribution >= 4 is 0 Å². The third kappa shape index (κ3) is 3.58. The van der Waals surface area contributed by atoms with E-state index < -0.39 is 0 Å². The van der Waals surface area contributed by atoms with E-state index in [0.717, 1.165) is 12.3 Å². The van der Waals surface area contributed by atoms with Gasteiger partial charge in [-0.2, -0.15) is 0 Å². The summed E-state index contributed by atoms with van der Waals surface area (Å²) in [5, 5.41) is 0. The highest BCUT2D eigenvalue weighted by molar-refractivity contribution is 5.25. The summed E-state index contributed by atoms with van der Waals surface area (Å²) < 4.78 is 0. The molecule has 0 spiro atoms. The highest BCUT2D eigenvalue weighted by Crippen LogP contribution is 2.37. The molecule has 106 valence electrons. The third-order valence-corrected chi connectivity index (χ3v) is 4.87. The van der Waals surface area contributed by atoms with Crippen LogP contribution >= 0.6 is 0 Å². The van der Waals surface area contributed by atoms with Crippen molar-refractivity contribution in [2.45, 2.75) is 58.4 Å². The zero-order valence-electron chi connectivity index (χ0n) is 12.4. The van der Waals surface area contributed by atoms with Crippen LogP contribution in [0.1, 0.15) is 63.1 Å². The van der Waals surface area contributed by atoms with Crippen LogP contribution in [0.3, 0.4) is 0 Å². The molecular formula is C17H28N2. The number of nitrogens with one attached hydrogen (secondary N) is 1. The Hall–Kier alpha value is -0.860. The van der Waals surface area contributed by atoms with Gasteiger partial charge in [0.2, 0.25) is 0 Å². The molecule has 2 nitrogen and oxygen atoms in total. The van der Waals surface area contributed by atoms with Crippen molar-refractivity contribution in [3.63, 3.8) is 0 Å². The molecule has 1 aromatic carbocycles. The maximum Gasteiger partial charge on any atom is 0.0488 e. The average molecular weight is 260 g/mol. The molecule has 1 fully saturated rings. The lowest BCUT2D eigenvalue weighted by molar-refractivity contribution is 0.219. The van der Waals surface area contributed by atoms with Gasteiger partial charge in [-0.25, -0.2) is 0 Å². The molecule has 1 aromatic rings. The molecule has 2 heteroatoms. The van der Waals surface area contributed by atoms with Crippen LogP contribution in [0, 0.1) is 11.8 Å². The Kier molecular flexibility index (Phi) is 5.41. The monoisotopic (exact) mass is 260 g/mol. The van der Waals surface area contributed by atoms with E-state index in [-0.39, 0.29) is 0 Å². The number of nitrogens with two attached hydrogens (primary N) is 1. The van der Waals surface area contributed by atoms with Crippen LogP contribution < -0.4 is 11.3 Å². The van der Waals surface area contributed by atoms with E-state index in [1.807, 2.05) is 0 Å². The molecular weight excluding hydrogens is 232 g/mol. The Morgan fingerprint density at radius 1 is 1.11 bits per heavy atom. The first-order valence-corrected chi connectivity index (χ1v) is 7.83. The van der Waals surface area contributed by atoms with Gasteiger partial charge in [0.05, 0.1) is 0 Å². The summed E-state index contributed by atoms with van der Waals surface area (Å²) in [5.41, 5.74) is 5.80. The van der Waals surface area contributed by atoms with Crippen LogP contribution in [0.25, 0.3) is 0 Å². The van der Waals surface area contributed by atoms with Crippen LogP contribution in [0.15, 0.2) is 24.3 Å². The zero-order valence-corrected chi connectivity index (χ0v) is 12.4. The standard InChI is InChI=1S/C17H28N2/c1-3-13-5-9-15(10-6-13)17(19-18)16-11-7-14(4-2)8-12-16/h5-6,9-10,14,16-17,19H,3-4,7-8,11-12,18H2,1-2H3. The van der Waals surface area contributed by atoms with Crippen molar-refractivity contribution in [1.82, 2.24) is 5.43 Å². The van der Waals surface area contributed by atoms with Gasteiger partial charge in [0.25, 0.3) is 0 Å². The van der Waals surface area contributed by atoms with Crippen molar-refractivity contribution in [2.75, 3.05) is 0 Å². The van der Waals surface area contributed by atoms with Gasteiger partial charge in [0.1, 0.15) is 0 Å². The quantitative estimate of drug-likeness (QED) is 0.621. The molecule has 3 N–H and O–H groups in total. The molecule has 0 aromatic heterocycles. The fourth-order valence-electron chi connectivity index (χ4n) is 3.39. The van der Waals surface area contributed by atoms with E-state index in [1.54, 1.807) is 0 Å². The fraction of sp³-hybridized carbons (Fsp3) is 0.647. The second-order valence-corrected chi connectivity index (χ2v) is 5.93. The van der Waals surface area contributed by atoms with E-state index >= 15 is 0 Å². The second kappa shape index (κ2) is 7.06. The smallest absolute Gasteiger partial charge is 0.0488 e. The van der Waals surface area contributed by atoms with Crippen molar-refractivity contribution in [2.24, 2.45) is 17.7 Å². The summed E-state index contributed by atoms with van der Waals surface area (Å²) in [6.45, 7) is 4.51. The Morgan fingerprint density at radius 2 is 1.74 bits per heavy atom. The van der Waals surface area contributed by atoms with Crippen LogP contribution in [0.2, 0.25) is 0 Å². The first-order chi connectivity index (χ1) is 9.28. The zero-order chi connectivity index (χ0) is 13.7. The summed E-state index contributed by atoms with van der Waals surface area (Å²) in [7, 11) is 0. The SMILES string of the molecule is CCc1ccc(C(NN)C2CCC(CC)CC2)cc1. The number of hydrogen-bond acceptors (Lipinski definition) is 2. The van der Waals surface area contributed by atoms with Crippen LogP contribution in [0.4, 0.5) is 0 Å². The summed E-state index contributed by atoms with van der Waals surface area (Å²) in [6.07, 6.45) is 7.78. The maximum atomic E-state index is 5.82. The minimum Gasteiger partial charge on any atom is -0.271 e. The van der Waals surface area contributed by atoms with Crippen LogP contribution in [-0.4, -0.2) is 0 Å². The van der Waals surface area contributed by atoms with E-state index in [9.17, 15) is 0 Å². The first kappa shape index (κ1) is 14.5. The maximum absolute atomic E-state index is 5.82. The number of aryl methyl sites for hydroxylation is 1. The summed E-state index contributed by atoms with van der Waals surface area (Å²) in [6, 6.07) is 9.28. The minimum atomic E-state index is 0.323. The van der Waals surface area contributed by atoms with Gasteiger partial charge < -0.3 is 0 Å². The lowest BCUT2D eigenvalue weighted by atomic mass is 9.76. The van der Waals surface area contributed by atoms with Crippen molar-refractivity contribution < 1.29 is 0 Å². The predicted octanol–water partition coefficient (Wildman–Crippen LogP) is 3.97. The van der Waals surface area contributed by atoms with Gasteiger partial charge in [0, 0.05) is 6.04 Å². The van der Waals surface area contributed by atoms with E-state index in [1.165, 1.54) is 43.2 Å². The highest BCUT2D eigenvalue weighted by Gasteiger charge is 2.27. The molecule has 0 saturated heterocycles. The molecule has 2 rings (SSSR count). The van der Waals surface area contributed by atoms with Crippen LogP contribution in [-0.2, 0) is 6.42 Å². The molecule has 0 amide bonds. The molecule has 0 heterocycles. The largest absolute Gasteiger partial charge is 0.271 e. The van der Waals surface area contributed by atoms with Gasteiger partial charge in [0.15, 0.2) is 0 Å². The Labute approximate surface area is 117 Å². The number of hydrazine groups is 1. The van der Waals surface area contributed by atoms with Crippen molar-refractivity contribution in [3.05, 3.63) is 35.4 Å². The molecule has 0 bridgehead atoms. The normalized spacial score (nSPS) is 25.2. The topological polar surface area (TPSA) is 38.0 Å². The molecule has 1 unspecified atom stereocenters. The van der Waals surface area contributed by atoms with Gasteiger partial charge >= 0.3 is 0 Å². The summed E-state index contributed by atoms with van der Waals surface area (Å²) in [4.78, 5) is 0. The molecule has 0 radical (unpaired) electrons. The Bertz CT molecular complexity index is 363. The van der Waals surface area contributed by atoms with Gasteiger partial charge in [-0.1, -0.05) is 57.4 Å². The fourth-order valence-corrected chi connectivity index (χ4v) is 3.39. The molecule has 1 atom stereocenters. The average Bonchev–Trinajstić information content (AvgIpc) is 2.49. The predicted molar refractivity (Wildman–Crippen MR) is 81.6 cm³/mol. The molecule has 1 aliphatic carbocycles. The third-order valence-electron chi connectivity index (χ3n) is 4.87. The van der Waals surface area contributed by atoms with E-state index in [4.69, 9.17) is 5.84 Å². The number of hydrogen-bond donors (Lipinski definition) is 2. The number of benzene rings is 1. The molecule has 1 aliphatic rings. The first-order valence-electron chi connectivity index (χ1n) is 7.83. The van der Waals surface area contributed by atoms with Gasteiger partial charge in [-0.15, -0.1) is 0 Å². The molecule has 1 saturated carbocycles. The lowest BCUT2D eigenvalue weighted by Gasteiger charge is -2.33. The summed E-state index contributed by atoms with van der Waals surface area (Å²) in [5.74, 6) is 7.46. The van der Waals surface area contributed by atoms with Crippen LogP contribution in [0.5, 0.6) is 0 Å². The summed E-state index contributed by atoms with van der Waals surface area (Å²) >= 11 is 0. The molecule has 0 aliphatic heterocycles. The van der Waals surface area contributed by atoms with Crippen molar-refractivity contribution in [3.8, 4) is 0 Å². The Morgan fingerprint density at radius 3 is 2.21 bits per heavy atom. The van der Waals surface area contributed by atoms with Gasteiger partial charge in [-0.05, 0) is 42.2 Å². The highest BCUT2D eigenvalue weighted by atomic mass is 15.2. The Balaban J connectivity index is 2.03. The lowest BCUT2D eigenvalue weighted by Crippen LogP contribution is -2.35. The minimum absolute atomic E-state index is 0.323.